The molecule has 2 heterocycles. The van der Waals surface area contributed by atoms with Crippen molar-refractivity contribution in [3.63, 3.8) is 0 Å². The Morgan fingerprint density at radius 1 is 1.33 bits per heavy atom. The Morgan fingerprint density at radius 2 is 2.12 bits per heavy atom. The number of carbonyl (C=O) groups excluding carboxylic acids is 1. The predicted molar refractivity (Wildman–Crippen MR) is 91.2 cm³/mol. The molecule has 1 aliphatic rings. The molecule has 0 aliphatic heterocycles. The number of anilines is 2. The number of amides is 1. The third kappa shape index (κ3) is 2.41. The molecular weight excluding hydrogens is 330 g/mol. The Labute approximate surface area is 141 Å². The van der Waals surface area contributed by atoms with Gasteiger partial charge in [0.25, 0.3) is 11.9 Å². The number of aromatic nitrogens is 4. The quantitative estimate of drug-likeness (QED) is 0.619. The van der Waals surface area contributed by atoms with Crippen LogP contribution in [0.4, 0.5) is 11.5 Å². The van der Waals surface area contributed by atoms with Gasteiger partial charge in [0.2, 0.25) is 0 Å². The van der Waals surface area contributed by atoms with Crippen LogP contribution in [-0.4, -0.2) is 31.7 Å². The number of nitrogens with one attached hydrogen (secondary N) is 1. The van der Waals surface area contributed by atoms with Crippen LogP contribution in [0.3, 0.4) is 0 Å². The van der Waals surface area contributed by atoms with Gasteiger partial charge >= 0.3 is 0 Å². The Kier molecular flexibility index (Phi) is 3.27. The van der Waals surface area contributed by atoms with E-state index in [0.717, 1.165) is 18.2 Å². The second kappa shape index (κ2) is 5.34. The summed E-state index contributed by atoms with van der Waals surface area (Å²) in [4.78, 5) is 20.2. The third-order valence-corrected chi connectivity index (χ3v) is 4.25. The average molecular weight is 344 g/mol. The SMILES string of the molecule is NC(=O)c1cnc(-n2ncc3ccc(N)c(Cl)c32)nc1NC1CC1. The monoisotopic (exact) mass is 343 g/mol. The summed E-state index contributed by atoms with van der Waals surface area (Å²) in [6, 6.07) is 3.84. The first-order chi connectivity index (χ1) is 11.5. The summed E-state index contributed by atoms with van der Waals surface area (Å²) < 4.78 is 1.50. The van der Waals surface area contributed by atoms with E-state index in [1.54, 1.807) is 12.3 Å². The molecule has 5 N–H and O–H groups in total. The normalized spacial score (nSPS) is 14.0. The zero-order valence-electron chi connectivity index (χ0n) is 12.5. The minimum Gasteiger partial charge on any atom is -0.397 e. The van der Waals surface area contributed by atoms with E-state index < -0.39 is 5.91 Å². The van der Waals surface area contributed by atoms with Crippen molar-refractivity contribution in [1.82, 2.24) is 19.7 Å². The van der Waals surface area contributed by atoms with Crippen LogP contribution in [0.15, 0.2) is 24.5 Å². The fourth-order valence-electron chi connectivity index (χ4n) is 2.43. The number of fused-ring (bicyclic) bond motifs is 1. The first kappa shape index (κ1) is 14.7. The van der Waals surface area contributed by atoms with E-state index >= 15 is 0 Å². The Bertz CT molecular complexity index is 964. The van der Waals surface area contributed by atoms with Crippen LogP contribution in [-0.2, 0) is 0 Å². The number of rotatable bonds is 4. The summed E-state index contributed by atoms with van der Waals surface area (Å²) in [5.41, 5.74) is 12.6. The molecular formula is C15H14ClN7O. The standard InChI is InChI=1S/C15H14ClN7O/c16-11-10(17)4-1-7-5-20-23(12(7)11)15-19-6-9(13(18)24)14(22-15)21-8-2-3-8/h1,4-6,8H,2-3,17H2,(H2,18,24)(H,19,21,22). The largest absolute Gasteiger partial charge is 0.397 e. The molecule has 1 saturated carbocycles. The van der Waals surface area contributed by atoms with E-state index in [-0.39, 0.29) is 11.5 Å². The highest BCUT2D eigenvalue weighted by Gasteiger charge is 2.25. The predicted octanol–water partition coefficient (Wildman–Crippen LogP) is 1.72. The molecule has 1 aliphatic carbocycles. The van der Waals surface area contributed by atoms with Crippen LogP contribution >= 0.6 is 11.6 Å². The van der Waals surface area contributed by atoms with Crippen LogP contribution in [0.5, 0.6) is 0 Å². The molecule has 122 valence electrons. The van der Waals surface area contributed by atoms with Gasteiger partial charge in [0, 0.05) is 17.6 Å². The Morgan fingerprint density at radius 3 is 2.83 bits per heavy atom. The number of hydrogen-bond acceptors (Lipinski definition) is 6. The summed E-state index contributed by atoms with van der Waals surface area (Å²) in [7, 11) is 0. The maximum atomic E-state index is 11.6. The van der Waals surface area contributed by atoms with Gasteiger partial charge in [0.1, 0.15) is 5.82 Å². The molecule has 8 nitrogen and oxygen atoms in total. The highest BCUT2D eigenvalue weighted by molar-refractivity contribution is 6.37. The fourth-order valence-corrected chi connectivity index (χ4v) is 2.68. The van der Waals surface area contributed by atoms with Crippen LogP contribution in [0.2, 0.25) is 5.02 Å². The molecule has 0 radical (unpaired) electrons. The Balaban J connectivity index is 1.87. The smallest absolute Gasteiger partial charge is 0.254 e. The van der Waals surface area contributed by atoms with E-state index in [1.165, 1.54) is 10.9 Å². The molecule has 4 rings (SSSR count). The number of primary amides is 1. The summed E-state index contributed by atoms with van der Waals surface area (Å²) in [6.07, 6.45) is 5.11. The van der Waals surface area contributed by atoms with Gasteiger partial charge in [-0.3, -0.25) is 4.79 Å². The third-order valence-electron chi connectivity index (χ3n) is 3.85. The second-order valence-electron chi connectivity index (χ2n) is 5.68. The van der Waals surface area contributed by atoms with Gasteiger partial charge in [-0.1, -0.05) is 11.6 Å². The van der Waals surface area contributed by atoms with Crippen LogP contribution < -0.4 is 16.8 Å². The van der Waals surface area contributed by atoms with Crippen molar-refractivity contribution >= 4 is 39.9 Å². The summed E-state index contributed by atoms with van der Waals surface area (Å²) in [5.74, 6) is 0.0987. The van der Waals surface area contributed by atoms with Crippen molar-refractivity contribution in [1.29, 1.82) is 0 Å². The maximum absolute atomic E-state index is 11.6. The molecule has 0 saturated heterocycles. The highest BCUT2D eigenvalue weighted by atomic mass is 35.5. The van der Waals surface area contributed by atoms with Crippen LogP contribution in [0.1, 0.15) is 23.2 Å². The first-order valence-corrected chi connectivity index (χ1v) is 7.78. The minimum absolute atomic E-state index is 0.243. The zero-order chi connectivity index (χ0) is 16.8. The summed E-state index contributed by atoms with van der Waals surface area (Å²) >= 11 is 6.31. The average Bonchev–Trinajstić information content (AvgIpc) is 3.26. The lowest BCUT2D eigenvalue weighted by molar-refractivity contribution is 0.100. The molecule has 24 heavy (non-hydrogen) atoms. The van der Waals surface area contributed by atoms with Crippen molar-refractivity contribution in [2.45, 2.75) is 18.9 Å². The van der Waals surface area contributed by atoms with Gasteiger partial charge in [-0.15, -0.1) is 0 Å². The van der Waals surface area contributed by atoms with E-state index in [0.29, 0.717) is 28.1 Å². The summed E-state index contributed by atoms with van der Waals surface area (Å²) in [6.45, 7) is 0. The topological polar surface area (TPSA) is 125 Å². The number of halogens is 1. The number of nitrogens with two attached hydrogens (primary N) is 2. The lowest BCUT2D eigenvalue weighted by Crippen LogP contribution is -2.18. The van der Waals surface area contributed by atoms with Gasteiger partial charge in [-0.2, -0.15) is 14.8 Å². The molecule has 1 fully saturated rings. The summed E-state index contributed by atoms with van der Waals surface area (Å²) in [5, 5.41) is 8.67. The molecule has 9 heteroatoms. The molecule has 1 aromatic carbocycles. The number of carbonyl (C=O) groups is 1. The van der Waals surface area contributed by atoms with Crippen molar-refractivity contribution in [3.05, 3.63) is 35.1 Å². The lowest BCUT2D eigenvalue weighted by Gasteiger charge is -2.10. The molecule has 0 unspecified atom stereocenters. The lowest BCUT2D eigenvalue weighted by atomic mass is 10.2. The van der Waals surface area contributed by atoms with Gasteiger partial charge in [-0.05, 0) is 25.0 Å². The zero-order valence-corrected chi connectivity index (χ0v) is 13.3. The van der Waals surface area contributed by atoms with Crippen LogP contribution in [0, 0.1) is 0 Å². The van der Waals surface area contributed by atoms with Crippen molar-refractivity contribution in [2.75, 3.05) is 11.1 Å². The van der Waals surface area contributed by atoms with E-state index in [2.05, 4.69) is 20.4 Å². The van der Waals surface area contributed by atoms with E-state index in [4.69, 9.17) is 23.1 Å². The molecule has 3 aromatic rings. The molecule has 0 bridgehead atoms. The fraction of sp³-hybridized carbons (Fsp3) is 0.200. The minimum atomic E-state index is -0.586. The molecule has 0 atom stereocenters. The van der Waals surface area contributed by atoms with Crippen LogP contribution in [0.25, 0.3) is 16.9 Å². The molecule has 0 spiro atoms. The molecule has 1 amide bonds. The van der Waals surface area contributed by atoms with Crippen molar-refractivity contribution in [2.24, 2.45) is 5.73 Å². The number of benzene rings is 1. The van der Waals surface area contributed by atoms with Gasteiger partial charge < -0.3 is 16.8 Å². The van der Waals surface area contributed by atoms with Gasteiger partial charge in [-0.25, -0.2) is 4.98 Å². The van der Waals surface area contributed by atoms with Crippen molar-refractivity contribution < 1.29 is 4.79 Å². The van der Waals surface area contributed by atoms with E-state index in [1.807, 2.05) is 6.07 Å². The number of nitrogens with zero attached hydrogens (tertiary/aromatic N) is 4. The maximum Gasteiger partial charge on any atom is 0.254 e. The number of hydrogen-bond donors (Lipinski definition) is 3. The van der Waals surface area contributed by atoms with Crippen molar-refractivity contribution in [3.8, 4) is 5.95 Å². The highest BCUT2D eigenvalue weighted by Crippen LogP contribution is 2.31. The second-order valence-corrected chi connectivity index (χ2v) is 6.06. The van der Waals surface area contributed by atoms with E-state index in [9.17, 15) is 4.79 Å². The van der Waals surface area contributed by atoms with Gasteiger partial charge in [0.05, 0.1) is 28.0 Å². The number of nitrogen functional groups attached to an aromatic ring is 1. The molecule has 2 aromatic heterocycles. The first-order valence-electron chi connectivity index (χ1n) is 7.40. The van der Waals surface area contributed by atoms with Gasteiger partial charge in [0.15, 0.2) is 0 Å². The Hall–Kier alpha value is -2.87.